The zero-order valence-electron chi connectivity index (χ0n) is 22.9. The number of hydrogen-bond acceptors (Lipinski definition) is 6. The Morgan fingerprint density at radius 1 is 1.20 bits per heavy atom. The van der Waals surface area contributed by atoms with Gasteiger partial charge >= 0.3 is 5.97 Å². The number of β-amino-alcohol motifs (C(OH)–C–C–N with tert-alkyl or cyclic N) is 1. The van der Waals surface area contributed by atoms with Gasteiger partial charge in [-0.3, -0.25) is 4.90 Å². The minimum absolute atomic E-state index is 0.176. The lowest BCUT2D eigenvalue weighted by Gasteiger charge is -2.69. The highest BCUT2D eigenvalue weighted by molar-refractivity contribution is 7.19. The largest absolute Gasteiger partial charge is 0.496 e. The molecule has 3 fully saturated rings. The van der Waals surface area contributed by atoms with E-state index >= 15 is 0 Å². The number of aromatic amines is 1. The maximum Gasteiger partial charge on any atom is 0.330 e. The Morgan fingerprint density at radius 3 is 2.70 bits per heavy atom. The number of nitrogens with one attached hydrogen (secondary N) is 1. The molecule has 1 spiro atoms. The number of carbonyl (C=O) groups is 1. The second kappa shape index (κ2) is 10.6. The topological polar surface area (TPSA) is 95.0 Å². The molecule has 2 aromatic carbocycles. The first-order valence-corrected chi connectivity index (χ1v) is 14.7. The lowest BCUT2D eigenvalue weighted by atomic mass is 9.53. The minimum atomic E-state index is -0.935. The predicted octanol–water partition coefficient (Wildman–Crippen LogP) is 6.19. The normalized spacial score (nSPS) is 25.6. The van der Waals surface area contributed by atoms with E-state index in [4.69, 9.17) is 14.6 Å². The molecule has 5 atom stereocenters. The molecule has 8 heteroatoms. The number of likely N-dealkylation sites (tertiary alicyclic amines) is 1. The lowest BCUT2D eigenvalue weighted by Crippen LogP contribution is -2.75. The third-order valence-electron chi connectivity index (χ3n) is 9.08. The fourth-order valence-corrected chi connectivity index (χ4v) is 8.31. The number of benzene rings is 2. The van der Waals surface area contributed by atoms with Gasteiger partial charge in [0.15, 0.2) is 0 Å². The Balaban J connectivity index is 0.000000438. The van der Waals surface area contributed by atoms with Crippen LogP contribution in [-0.4, -0.2) is 64.5 Å². The van der Waals surface area contributed by atoms with E-state index in [2.05, 4.69) is 40.7 Å². The van der Waals surface area contributed by atoms with Gasteiger partial charge in [-0.1, -0.05) is 18.7 Å². The average Bonchev–Trinajstić information content (AvgIpc) is 3.67. The van der Waals surface area contributed by atoms with Crippen molar-refractivity contribution in [2.45, 2.75) is 56.7 Å². The van der Waals surface area contributed by atoms with Crippen molar-refractivity contribution in [2.24, 2.45) is 5.41 Å². The van der Waals surface area contributed by atoms with Gasteiger partial charge in [-0.2, -0.15) is 0 Å². The van der Waals surface area contributed by atoms with Crippen molar-refractivity contribution in [3.63, 3.8) is 0 Å². The summed E-state index contributed by atoms with van der Waals surface area (Å²) < 4.78 is 13.0. The second-order valence-corrected chi connectivity index (χ2v) is 12.5. The summed E-state index contributed by atoms with van der Waals surface area (Å²) in [5.41, 5.74) is 1.71. The molecule has 0 amide bonds. The van der Waals surface area contributed by atoms with Crippen molar-refractivity contribution in [2.75, 3.05) is 20.3 Å². The quantitative estimate of drug-likeness (QED) is 0.223. The van der Waals surface area contributed by atoms with Crippen LogP contribution in [0.4, 0.5) is 0 Å². The zero-order chi connectivity index (χ0) is 28.0. The van der Waals surface area contributed by atoms with E-state index in [-0.39, 0.29) is 5.57 Å². The van der Waals surface area contributed by atoms with E-state index in [0.29, 0.717) is 36.6 Å². The van der Waals surface area contributed by atoms with Gasteiger partial charge in [0.2, 0.25) is 0 Å². The number of nitrogens with zero attached hydrogens (tertiary/aromatic N) is 1. The molecule has 0 radical (unpaired) electrons. The Bertz CT molecular complexity index is 1550. The smallest absolute Gasteiger partial charge is 0.330 e. The number of methoxy groups -OCH3 is 1. The van der Waals surface area contributed by atoms with Crippen molar-refractivity contribution in [3.05, 3.63) is 71.8 Å². The van der Waals surface area contributed by atoms with E-state index in [9.17, 15) is 9.90 Å². The van der Waals surface area contributed by atoms with E-state index < -0.39 is 12.1 Å². The number of carboxylic acids is 1. The van der Waals surface area contributed by atoms with Crippen LogP contribution in [0.3, 0.4) is 0 Å². The summed E-state index contributed by atoms with van der Waals surface area (Å²) in [6, 6.07) is 18.0. The van der Waals surface area contributed by atoms with Gasteiger partial charge in [0.05, 0.1) is 7.11 Å². The molecule has 3 N–H and O–H groups in total. The summed E-state index contributed by atoms with van der Waals surface area (Å²) in [5, 5.41) is 21.1. The van der Waals surface area contributed by atoms with E-state index in [1.165, 1.54) is 47.6 Å². The van der Waals surface area contributed by atoms with Crippen LogP contribution in [0.5, 0.6) is 11.5 Å². The molecular weight excluding hydrogens is 524 g/mol. The summed E-state index contributed by atoms with van der Waals surface area (Å²) in [6.07, 6.45) is 6.52. The Hall–Kier alpha value is -3.33. The van der Waals surface area contributed by atoms with Crippen molar-refractivity contribution >= 4 is 38.3 Å². The summed E-state index contributed by atoms with van der Waals surface area (Å²) in [5.74, 6) is 1.48. The Labute approximate surface area is 238 Å². The van der Waals surface area contributed by atoms with Gasteiger partial charge in [0.25, 0.3) is 0 Å². The number of hydrogen-bond donors (Lipinski definition) is 3. The SMILES string of the molecule is C=C(C)C(=O)O.COc1cccc2sc(C3CC4N(CC(O)COc5cccc6[nH]ccc56)C5CCC54C3)cc12. The molecule has 0 bridgehead atoms. The zero-order valence-corrected chi connectivity index (χ0v) is 23.7. The highest BCUT2D eigenvalue weighted by Crippen LogP contribution is 2.68. The van der Waals surface area contributed by atoms with Crippen LogP contribution in [0.1, 0.15) is 43.4 Å². The van der Waals surface area contributed by atoms with E-state index in [1.54, 1.807) is 7.11 Å². The molecule has 5 unspecified atom stereocenters. The second-order valence-electron chi connectivity index (χ2n) is 11.4. The number of piperidine rings is 1. The number of thiophene rings is 1. The third-order valence-corrected chi connectivity index (χ3v) is 10.3. The van der Waals surface area contributed by atoms with Crippen molar-refractivity contribution in [1.82, 2.24) is 9.88 Å². The predicted molar refractivity (Wildman–Crippen MR) is 159 cm³/mol. The molecule has 3 aliphatic rings. The number of rotatable bonds is 8. The molecule has 1 aliphatic heterocycles. The first kappa shape index (κ1) is 26.9. The minimum Gasteiger partial charge on any atom is -0.496 e. The average molecular weight is 561 g/mol. The molecule has 2 aromatic heterocycles. The molecule has 3 heterocycles. The first-order chi connectivity index (χ1) is 19.3. The van der Waals surface area contributed by atoms with Crippen LogP contribution in [0.15, 0.2) is 66.9 Å². The maximum absolute atomic E-state index is 10.9. The number of aliphatic carboxylic acids is 1. The van der Waals surface area contributed by atoms with Gasteiger partial charge in [0, 0.05) is 61.7 Å². The number of carboxylic acid groups (broad SMARTS) is 1. The van der Waals surface area contributed by atoms with Gasteiger partial charge in [-0.05, 0) is 74.9 Å². The number of aliphatic hydroxyl groups excluding tert-OH is 1. The summed E-state index contributed by atoms with van der Waals surface area (Å²) in [7, 11) is 1.76. The number of ether oxygens (including phenoxy) is 2. The summed E-state index contributed by atoms with van der Waals surface area (Å²) in [4.78, 5) is 16.9. The molecule has 210 valence electrons. The van der Waals surface area contributed by atoms with Crippen molar-refractivity contribution in [3.8, 4) is 11.5 Å². The number of aliphatic hydroxyl groups is 1. The van der Waals surface area contributed by atoms with Crippen LogP contribution < -0.4 is 9.47 Å². The van der Waals surface area contributed by atoms with Gasteiger partial charge in [-0.25, -0.2) is 4.79 Å². The first-order valence-electron chi connectivity index (χ1n) is 13.9. The highest BCUT2D eigenvalue weighted by atomic mass is 32.1. The standard InChI is InChI=1S/C28H30N2O3S.C4H6O2/c1-32-22-5-3-7-24-20(22)13-25(34-24)17-12-27-28(14-17)10-8-26(28)30(27)15-18(31)16-33-23-6-2-4-21-19(23)9-11-29-21;1-3(2)4(5)6/h2-7,9,11,13,17-18,26-27,29,31H,8,10,12,14-16H2,1H3;1H2,2H3,(H,5,6). The Kier molecular flexibility index (Phi) is 7.10. The van der Waals surface area contributed by atoms with Crippen molar-refractivity contribution in [1.29, 1.82) is 0 Å². The number of fused-ring (bicyclic) bond motifs is 2. The molecule has 4 aromatic rings. The van der Waals surface area contributed by atoms with Crippen LogP contribution >= 0.6 is 11.3 Å². The van der Waals surface area contributed by atoms with Crippen molar-refractivity contribution < 1.29 is 24.5 Å². The van der Waals surface area contributed by atoms with Gasteiger partial charge < -0.3 is 24.7 Å². The Morgan fingerprint density at radius 2 is 1.98 bits per heavy atom. The molecule has 2 aliphatic carbocycles. The van der Waals surface area contributed by atoms with Crippen LogP contribution in [0.25, 0.3) is 21.0 Å². The van der Waals surface area contributed by atoms with Crippen LogP contribution in [0, 0.1) is 5.41 Å². The molecular formula is C32H36N2O5S. The van der Waals surface area contributed by atoms with E-state index in [1.807, 2.05) is 41.8 Å². The third kappa shape index (κ3) is 4.58. The lowest BCUT2D eigenvalue weighted by molar-refractivity contribution is -0.198. The fourth-order valence-electron chi connectivity index (χ4n) is 7.12. The molecule has 1 saturated heterocycles. The maximum atomic E-state index is 10.9. The van der Waals surface area contributed by atoms with Gasteiger partial charge in [-0.15, -0.1) is 11.3 Å². The molecule has 2 saturated carbocycles. The monoisotopic (exact) mass is 560 g/mol. The number of H-pyrrole nitrogens is 1. The fraction of sp³-hybridized carbons (Fsp3) is 0.406. The number of aromatic nitrogens is 1. The molecule has 40 heavy (non-hydrogen) atoms. The summed E-state index contributed by atoms with van der Waals surface area (Å²) in [6.45, 7) is 5.63. The van der Waals surface area contributed by atoms with E-state index in [0.717, 1.165) is 22.4 Å². The van der Waals surface area contributed by atoms with Crippen LogP contribution in [0.2, 0.25) is 0 Å². The van der Waals surface area contributed by atoms with Gasteiger partial charge in [0.1, 0.15) is 24.2 Å². The van der Waals surface area contributed by atoms with Crippen LogP contribution in [-0.2, 0) is 4.79 Å². The molecule has 7 nitrogen and oxygen atoms in total. The summed E-state index contributed by atoms with van der Waals surface area (Å²) >= 11 is 1.93. The molecule has 7 rings (SSSR count). The highest BCUT2D eigenvalue weighted by Gasteiger charge is 2.69.